The van der Waals surface area contributed by atoms with Crippen LogP contribution >= 0.6 is 0 Å². The molecular formula is C23H15F4N5O2. The Kier molecular flexibility index (Phi) is 6.09. The van der Waals surface area contributed by atoms with Crippen LogP contribution in [-0.2, 0) is 6.18 Å². The number of nitrogens with zero attached hydrogens (tertiary/aromatic N) is 3. The molecule has 0 aliphatic heterocycles. The molecule has 1 heterocycles. The van der Waals surface area contributed by atoms with Gasteiger partial charge in [0.05, 0.1) is 23.1 Å². The fraction of sp³-hybridized carbons (Fsp3) is 0.0435. The van der Waals surface area contributed by atoms with Crippen molar-refractivity contribution in [3.8, 4) is 5.69 Å². The molecular weight excluding hydrogens is 454 g/mol. The monoisotopic (exact) mass is 469 g/mol. The summed E-state index contributed by atoms with van der Waals surface area (Å²) in [7, 11) is 0. The van der Waals surface area contributed by atoms with Gasteiger partial charge in [0.15, 0.2) is 5.69 Å². The first-order valence-corrected chi connectivity index (χ1v) is 9.78. The van der Waals surface area contributed by atoms with Gasteiger partial charge >= 0.3 is 6.18 Å². The standard InChI is InChI=1S/C23H15F4N5O2/c24-15-8-6-14(7-9-15)21(33)29-16-10-11-19(18(12-16)23(25,26)27)30-22(34)20-13-28-32(31-20)17-4-2-1-3-5-17/h1-13H,(H,29,33)(H,30,34). The Labute approximate surface area is 190 Å². The maximum atomic E-state index is 13.7. The minimum Gasteiger partial charge on any atom is -0.322 e. The molecule has 0 unspecified atom stereocenters. The van der Waals surface area contributed by atoms with Gasteiger partial charge in [-0.05, 0) is 54.6 Å². The second-order valence-corrected chi connectivity index (χ2v) is 7.03. The van der Waals surface area contributed by atoms with E-state index in [1.807, 2.05) is 0 Å². The lowest BCUT2D eigenvalue weighted by Crippen LogP contribution is -2.18. The number of hydrogen-bond acceptors (Lipinski definition) is 4. The van der Waals surface area contributed by atoms with Crippen LogP contribution in [0.15, 0.2) is 79.0 Å². The highest BCUT2D eigenvalue weighted by Crippen LogP contribution is 2.37. The first kappa shape index (κ1) is 22.6. The summed E-state index contributed by atoms with van der Waals surface area (Å²) >= 11 is 0. The fourth-order valence-corrected chi connectivity index (χ4v) is 3.01. The van der Waals surface area contributed by atoms with Gasteiger partial charge in [0, 0.05) is 11.3 Å². The highest BCUT2D eigenvalue weighted by atomic mass is 19.4. The lowest BCUT2D eigenvalue weighted by atomic mass is 10.1. The molecule has 7 nitrogen and oxygen atoms in total. The molecule has 0 spiro atoms. The third-order valence-electron chi connectivity index (χ3n) is 4.65. The zero-order chi connectivity index (χ0) is 24.3. The topological polar surface area (TPSA) is 88.9 Å². The zero-order valence-electron chi connectivity index (χ0n) is 17.2. The van der Waals surface area contributed by atoms with E-state index in [4.69, 9.17) is 0 Å². The van der Waals surface area contributed by atoms with Crippen LogP contribution in [0.25, 0.3) is 5.69 Å². The Morgan fingerprint density at radius 3 is 2.24 bits per heavy atom. The molecule has 11 heteroatoms. The average Bonchev–Trinajstić information content (AvgIpc) is 3.31. The number of carbonyl (C=O) groups is 2. The van der Waals surface area contributed by atoms with Gasteiger partial charge in [-0.1, -0.05) is 18.2 Å². The molecule has 0 radical (unpaired) electrons. The first-order chi connectivity index (χ1) is 16.2. The maximum Gasteiger partial charge on any atom is 0.418 e. The van der Waals surface area contributed by atoms with Crippen molar-refractivity contribution in [3.63, 3.8) is 0 Å². The lowest BCUT2D eigenvalue weighted by molar-refractivity contribution is -0.136. The van der Waals surface area contributed by atoms with Gasteiger partial charge in [0.2, 0.25) is 0 Å². The minimum atomic E-state index is -4.83. The van der Waals surface area contributed by atoms with Crippen LogP contribution < -0.4 is 10.6 Å². The van der Waals surface area contributed by atoms with Gasteiger partial charge in [-0.2, -0.15) is 23.1 Å². The van der Waals surface area contributed by atoms with Crippen molar-refractivity contribution in [2.24, 2.45) is 0 Å². The molecule has 0 bridgehead atoms. The molecule has 1 aromatic heterocycles. The van der Waals surface area contributed by atoms with E-state index in [-0.39, 0.29) is 16.9 Å². The SMILES string of the molecule is O=C(Nc1ccc(NC(=O)c2cnn(-c3ccccc3)n2)c(C(F)(F)F)c1)c1ccc(F)cc1. The number of alkyl halides is 3. The van der Waals surface area contributed by atoms with Gasteiger partial charge in [0.25, 0.3) is 11.8 Å². The molecule has 0 fully saturated rings. The first-order valence-electron chi connectivity index (χ1n) is 9.78. The molecule has 2 amide bonds. The molecule has 0 atom stereocenters. The Morgan fingerprint density at radius 2 is 1.56 bits per heavy atom. The van der Waals surface area contributed by atoms with Crippen LogP contribution in [0.5, 0.6) is 0 Å². The predicted octanol–water partition coefficient (Wildman–Crippen LogP) is 4.93. The molecule has 172 valence electrons. The van der Waals surface area contributed by atoms with Gasteiger partial charge in [0.1, 0.15) is 5.82 Å². The summed E-state index contributed by atoms with van der Waals surface area (Å²) in [5.41, 5.74) is -1.41. The third kappa shape index (κ3) is 5.09. The van der Waals surface area contributed by atoms with Crippen LogP contribution in [0.2, 0.25) is 0 Å². The van der Waals surface area contributed by atoms with Crippen LogP contribution in [0.4, 0.5) is 28.9 Å². The van der Waals surface area contributed by atoms with E-state index in [1.165, 1.54) is 23.0 Å². The molecule has 2 N–H and O–H groups in total. The van der Waals surface area contributed by atoms with E-state index in [2.05, 4.69) is 20.8 Å². The van der Waals surface area contributed by atoms with E-state index in [0.717, 1.165) is 24.4 Å². The number of hydrogen-bond donors (Lipinski definition) is 2. The quantitative estimate of drug-likeness (QED) is 0.406. The molecule has 4 rings (SSSR count). The smallest absolute Gasteiger partial charge is 0.322 e. The fourth-order valence-electron chi connectivity index (χ4n) is 3.01. The maximum absolute atomic E-state index is 13.7. The molecule has 4 aromatic rings. The number of anilines is 2. The summed E-state index contributed by atoms with van der Waals surface area (Å²) in [6, 6.07) is 16.1. The summed E-state index contributed by atoms with van der Waals surface area (Å²) < 4.78 is 54.0. The molecule has 34 heavy (non-hydrogen) atoms. The Morgan fingerprint density at radius 1 is 0.853 bits per heavy atom. The Balaban J connectivity index is 1.55. The van der Waals surface area contributed by atoms with Crippen molar-refractivity contribution in [2.45, 2.75) is 6.18 Å². The van der Waals surface area contributed by atoms with E-state index in [1.54, 1.807) is 30.3 Å². The molecule has 3 aromatic carbocycles. The molecule has 0 saturated carbocycles. The van der Waals surface area contributed by atoms with Crippen molar-refractivity contribution >= 4 is 23.2 Å². The molecule has 0 aliphatic rings. The van der Waals surface area contributed by atoms with Crippen molar-refractivity contribution in [3.05, 3.63) is 102 Å². The van der Waals surface area contributed by atoms with Gasteiger partial charge in [-0.15, -0.1) is 5.10 Å². The van der Waals surface area contributed by atoms with Gasteiger partial charge in [-0.3, -0.25) is 9.59 Å². The number of carbonyl (C=O) groups excluding carboxylic acids is 2. The summed E-state index contributed by atoms with van der Waals surface area (Å²) in [4.78, 5) is 25.9. The number of aromatic nitrogens is 3. The molecule has 0 saturated heterocycles. The summed E-state index contributed by atoms with van der Waals surface area (Å²) in [6.07, 6.45) is -3.70. The normalized spacial score (nSPS) is 11.2. The van der Waals surface area contributed by atoms with Gasteiger partial charge in [-0.25, -0.2) is 4.39 Å². The van der Waals surface area contributed by atoms with Crippen molar-refractivity contribution < 1.29 is 27.2 Å². The Hall–Kier alpha value is -4.54. The van der Waals surface area contributed by atoms with E-state index < -0.39 is 35.1 Å². The molecule has 0 aliphatic carbocycles. The number of benzene rings is 3. The summed E-state index contributed by atoms with van der Waals surface area (Å²) in [5, 5.41) is 12.5. The van der Waals surface area contributed by atoms with Crippen LogP contribution in [-0.4, -0.2) is 26.8 Å². The van der Waals surface area contributed by atoms with Crippen LogP contribution in [0, 0.1) is 5.82 Å². The van der Waals surface area contributed by atoms with E-state index in [0.29, 0.717) is 11.8 Å². The number of halogens is 4. The van der Waals surface area contributed by atoms with Crippen molar-refractivity contribution in [1.29, 1.82) is 0 Å². The predicted molar refractivity (Wildman–Crippen MR) is 115 cm³/mol. The third-order valence-corrected chi connectivity index (χ3v) is 4.65. The van der Waals surface area contributed by atoms with E-state index >= 15 is 0 Å². The number of nitrogens with one attached hydrogen (secondary N) is 2. The van der Waals surface area contributed by atoms with Gasteiger partial charge < -0.3 is 10.6 Å². The van der Waals surface area contributed by atoms with Crippen molar-refractivity contribution in [1.82, 2.24) is 15.0 Å². The van der Waals surface area contributed by atoms with Crippen molar-refractivity contribution in [2.75, 3.05) is 10.6 Å². The average molecular weight is 469 g/mol. The number of rotatable bonds is 5. The summed E-state index contributed by atoms with van der Waals surface area (Å²) in [6.45, 7) is 0. The number of amides is 2. The highest BCUT2D eigenvalue weighted by Gasteiger charge is 2.34. The zero-order valence-corrected chi connectivity index (χ0v) is 17.2. The Bertz CT molecular complexity index is 1340. The largest absolute Gasteiger partial charge is 0.418 e. The number of para-hydroxylation sites is 1. The summed E-state index contributed by atoms with van der Waals surface area (Å²) in [5.74, 6) is -2.17. The second-order valence-electron chi connectivity index (χ2n) is 7.03. The minimum absolute atomic E-state index is 0.0637. The highest BCUT2D eigenvalue weighted by molar-refractivity contribution is 6.05. The second kappa shape index (κ2) is 9.14. The lowest BCUT2D eigenvalue weighted by Gasteiger charge is -2.15. The van der Waals surface area contributed by atoms with Crippen LogP contribution in [0.1, 0.15) is 26.4 Å². The van der Waals surface area contributed by atoms with Crippen LogP contribution in [0.3, 0.4) is 0 Å². The van der Waals surface area contributed by atoms with E-state index in [9.17, 15) is 27.2 Å².